The standard InChI is InChI=1S/C15H32N2/c1-6-7-14(4)17(5)15(11-16)10-12(2)8-9-13(15)3/h12-14H,6-11,16H2,1-5H3. The van der Waals surface area contributed by atoms with Crippen molar-refractivity contribution in [2.75, 3.05) is 13.6 Å². The van der Waals surface area contributed by atoms with Gasteiger partial charge in [0.1, 0.15) is 0 Å². The summed E-state index contributed by atoms with van der Waals surface area (Å²) >= 11 is 0. The van der Waals surface area contributed by atoms with Gasteiger partial charge in [0.2, 0.25) is 0 Å². The molecule has 0 radical (unpaired) electrons. The van der Waals surface area contributed by atoms with Gasteiger partial charge in [0.05, 0.1) is 0 Å². The normalized spacial score (nSPS) is 36.2. The van der Waals surface area contributed by atoms with E-state index in [1.165, 1.54) is 32.1 Å². The van der Waals surface area contributed by atoms with Gasteiger partial charge in [-0.05, 0) is 45.1 Å². The summed E-state index contributed by atoms with van der Waals surface area (Å²) in [5, 5.41) is 0. The van der Waals surface area contributed by atoms with E-state index in [0.29, 0.717) is 6.04 Å². The number of nitrogens with zero attached hydrogens (tertiary/aromatic N) is 1. The van der Waals surface area contributed by atoms with Crippen LogP contribution in [-0.4, -0.2) is 30.1 Å². The lowest BCUT2D eigenvalue weighted by molar-refractivity contribution is -0.0112. The summed E-state index contributed by atoms with van der Waals surface area (Å²) in [6, 6.07) is 0.649. The van der Waals surface area contributed by atoms with Gasteiger partial charge in [-0.15, -0.1) is 0 Å². The third kappa shape index (κ3) is 3.03. The first-order chi connectivity index (χ1) is 7.97. The monoisotopic (exact) mass is 240 g/mol. The van der Waals surface area contributed by atoms with E-state index < -0.39 is 0 Å². The predicted octanol–water partition coefficient (Wildman–Crippen LogP) is 3.26. The van der Waals surface area contributed by atoms with Crippen molar-refractivity contribution in [2.24, 2.45) is 17.6 Å². The summed E-state index contributed by atoms with van der Waals surface area (Å²) in [5.41, 5.74) is 6.43. The Morgan fingerprint density at radius 1 is 1.35 bits per heavy atom. The largest absolute Gasteiger partial charge is 0.329 e. The fraction of sp³-hybridized carbons (Fsp3) is 1.00. The zero-order valence-corrected chi connectivity index (χ0v) is 12.5. The van der Waals surface area contributed by atoms with Crippen LogP contribution in [0.4, 0.5) is 0 Å². The number of hydrogen-bond acceptors (Lipinski definition) is 2. The van der Waals surface area contributed by atoms with Crippen LogP contribution < -0.4 is 5.73 Å². The SMILES string of the molecule is CCCC(C)N(C)C1(CN)CC(C)CCC1C. The first-order valence-electron chi connectivity index (χ1n) is 7.41. The average Bonchev–Trinajstić information content (AvgIpc) is 2.31. The van der Waals surface area contributed by atoms with Crippen LogP contribution in [0.5, 0.6) is 0 Å². The molecule has 2 nitrogen and oxygen atoms in total. The van der Waals surface area contributed by atoms with Gasteiger partial charge in [-0.1, -0.05) is 33.6 Å². The summed E-state index contributed by atoms with van der Waals surface area (Å²) in [7, 11) is 2.29. The molecule has 0 saturated heterocycles. The van der Waals surface area contributed by atoms with Crippen LogP contribution in [0.3, 0.4) is 0 Å². The molecule has 4 unspecified atom stereocenters. The van der Waals surface area contributed by atoms with Gasteiger partial charge in [-0.2, -0.15) is 0 Å². The third-order valence-electron chi connectivity index (χ3n) is 5.14. The van der Waals surface area contributed by atoms with Crippen LogP contribution in [0.2, 0.25) is 0 Å². The molecule has 0 heterocycles. The van der Waals surface area contributed by atoms with Gasteiger partial charge >= 0.3 is 0 Å². The van der Waals surface area contributed by atoms with E-state index in [9.17, 15) is 0 Å². The van der Waals surface area contributed by atoms with Gasteiger partial charge < -0.3 is 5.73 Å². The lowest BCUT2D eigenvalue weighted by Gasteiger charge is -2.52. The maximum absolute atomic E-state index is 6.18. The molecular formula is C15H32N2. The van der Waals surface area contributed by atoms with E-state index in [0.717, 1.165) is 18.4 Å². The van der Waals surface area contributed by atoms with Crippen molar-refractivity contribution in [3.05, 3.63) is 0 Å². The first-order valence-corrected chi connectivity index (χ1v) is 7.41. The Balaban J connectivity index is 2.84. The highest BCUT2D eigenvalue weighted by Gasteiger charge is 2.43. The van der Waals surface area contributed by atoms with E-state index in [1.807, 2.05) is 0 Å². The molecule has 2 heteroatoms. The second-order valence-electron chi connectivity index (χ2n) is 6.34. The molecule has 1 aliphatic carbocycles. The van der Waals surface area contributed by atoms with Crippen molar-refractivity contribution in [1.82, 2.24) is 4.90 Å². The molecule has 0 aliphatic heterocycles. The van der Waals surface area contributed by atoms with Crippen molar-refractivity contribution < 1.29 is 0 Å². The number of nitrogens with two attached hydrogens (primary N) is 1. The zero-order chi connectivity index (χ0) is 13.1. The van der Waals surface area contributed by atoms with Gasteiger partial charge in [0.15, 0.2) is 0 Å². The molecule has 0 spiro atoms. The van der Waals surface area contributed by atoms with Crippen molar-refractivity contribution in [1.29, 1.82) is 0 Å². The maximum atomic E-state index is 6.18. The Bertz CT molecular complexity index is 229. The molecule has 0 bridgehead atoms. The van der Waals surface area contributed by atoms with Crippen molar-refractivity contribution in [2.45, 2.75) is 71.4 Å². The second kappa shape index (κ2) is 6.19. The Morgan fingerprint density at radius 2 is 2.00 bits per heavy atom. The smallest absolute Gasteiger partial charge is 0.0359 e. The van der Waals surface area contributed by atoms with Crippen LogP contribution in [0.1, 0.15) is 59.8 Å². The van der Waals surface area contributed by atoms with Crippen molar-refractivity contribution in [3.8, 4) is 0 Å². The van der Waals surface area contributed by atoms with Crippen LogP contribution in [0, 0.1) is 11.8 Å². The highest BCUT2D eigenvalue weighted by molar-refractivity contribution is 5.00. The summed E-state index contributed by atoms with van der Waals surface area (Å²) in [5.74, 6) is 1.55. The van der Waals surface area contributed by atoms with E-state index >= 15 is 0 Å². The molecule has 0 aromatic carbocycles. The fourth-order valence-corrected chi connectivity index (χ4v) is 3.68. The predicted molar refractivity (Wildman–Crippen MR) is 76.1 cm³/mol. The number of rotatable bonds is 5. The Morgan fingerprint density at radius 3 is 2.53 bits per heavy atom. The first kappa shape index (κ1) is 15.0. The molecule has 1 aliphatic rings. The Kier molecular flexibility index (Phi) is 5.46. The molecule has 1 rings (SSSR count). The van der Waals surface area contributed by atoms with Gasteiger partial charge in [-0.3, -0.25) is 4.90 Å². The van der Waals surface area contributed by atoms with Gasteiger partial charge in [0.25, 0.3) is 0 Å². The van der Waals surface area contributed by atoms with Crippen LogP contribution >= 0.6 is 0 Å². The van der Waals surface area contributed by atoms with E-state index in [2.05, 4.69) is 39.6 Å². The van der Waals surface area contributed by atoms with Crippen molar-refractivity contribution in [3.63, 3.8) is 0 Å². The molecule has 0 aromatic rings. The quantitative estimate of drug-likeness (QED) is 0.799. The maximum Gasteiger partial charge on any atom is 0.0359 e. The highest BCUT2D eigenvalue weighted by Crippen LogP contribution is 2.41. The summed E-state index contributed by atoms with van der Waals surface area (Å²) in [4.78, 5) is 2.59. The minimum Gasteiger partial charge on any atom is -0.329 e. The van der Waals surface area contributed by atoms with Gasteiger partial charge in [-0.25, -0.2) is 0 Å². The Labute approximate surface area is 108 Å². The fourth-order valence-electron chi connectivity index (χ4n) is 3.68. The minimum absolute atomic E-state index is 0.242. The molecule has 17 heavy (non-hydrogen) atoms. The molecule has 1 fully saturated rings. The van der Waals surface area contributed by atoms with E-state index in [1.54, 1.807) is 0 Å². The second-order valence-corrected chi connectivity index (χ2v) is 6.34. The molecule has 4 atom stereocenters. The third-order valence-corrected chi connectivity index (χ3v) is 5.14. The Hall–Kier alpha value is -0.0800. The summed E-state index contributed by atoms with van der Waals surface area (Å²) in [6.07, 6.45) is 6.52. The molecule has 1 saturated carbocycles. The van der Waals surface area contributed by atoms with Gasteiger partial charge in [0, 0.05) is 18.1 Å². The van der Waals surface area contributed by atoms with Crippen LogP contribution in [-0.2, 0) is 0 Å². The number of likely N-dealkylation sites (N-methyl/N-ethyl adjacent to an activating group) is 1. The van der Waals surface area contributed by atoms with E-state index in [-0.39, 0.29) is 5.54 Å². The highest BCUT2D eigenvalue weighted by atomic mass is 15.2. The molecule has 0 amide bonds. The lowest BCUT2D eigenvalue weighted by Crippen LogP contribution is -2.61. The minimum atomic E-state index is 0.242. The molecule has 2 N–H and O–H groups in total. The van der Waals surface area contributed by atoms with Crippen LogP contribution in [0.25, 0.3) is 0 Å². The summed E-state index contributed by atoms with van der Waals surface area (Å²) < 4.78 is 0. The average molecular weight is 240 g/mol. The van der Waals surface area contributed by atoms with E-state index in [4.69, 9.17) is 5.73 Å². The molecular weight excluding hydrogens is 208 g/mol. The molecule has 102 valence electrons. The van der Waals surface area contributed by atoms with Crippen molar-refractivity contribution >= 4 is 0 Å². The summed E-state index contributed by atoms with van der Waals surface area (Å²) in [6.45, 7) is 10.2. The van der Waals surface area contributed by atoms with Crippen LogP contribution in [0.15, 0.2) is 0 Å². The number of hydrogen-bond donors (Lipinski definition) is 1. The lowest BCUT2D eigenvalue weighted by atomic mass is 9.68. The zero-order valence-electron chi connectivity index (χ0n) is 12.5. The molecule has 0 aromatic heterocycles. The topological polar surface area (TPSA) is 29.3 Å².